The summed E-state index contributed by atoms with van der Waals surface area (Å²) >= 11 is 5.81. The Morgan fingerprint density at radius 1 is 1.17 bits per heavy atom. The van der Waals surface area contributed by atoms with Gasteiger partial charge in [-0.15, -0.1) is 0 Å². The first-order chi connectivity index (χ1) is 14.4. The van der Waals surface area contributed by atoms with E-state index in [-0.39, 0.29) is 12.2 Å². The molecule has 154 valence electrons. The summed E-state index contributed by atoms with van der Waals surface area (Å²) in [6.45, 7) is 3.55. The maximum atomic E-state index is 11.9. The number of aryl methyl sites for hydroxylation is 1. The highest BCUT2D eigenvalue weighted by molar-refractivity contribution is 6.30. The lowest BCUT2D eigenvalue weighted by molar-refractivity contribution is -0.123. The highest BCUT2D eigenvalue weighted by Gasteiger charge is 2.15. The number of aromatic nitrogens is 1. The molecule has 0 saturated carbocycles. The van der Waals surface area contributed by atoms with Crippen LogP contribution >= 0.6 is 11.6 Å². The molecule has 0 unspecified atom stereocenters. The zero-order valence-corrected chi connectivity index (χ0v) is 17.2. The highest BCUT2D eigenvalue weighted by Crippen LogP contribution is 2.23. The van der Waals surface area contributed by atoms with Gasteiger partial charge in [0.25, 0.3) is 5.91 Å². The summed E-state index contributed by atoms with van der Waals surface area (Å²) in [5, 5.41) is 14.0. The number of halogens is 1. The van der Waals surface area contributed by atoms with Gasteiger partial charge in [0.2, 0.25) is 0 Å². The highest BCUT2D eigenvalue weighted by atomic mass is 35.5. The number of nitrogens with one attached hydrogen (secondary N) is 1. The molecule has 8 heteroatoms. The van der Waals surface area contributed by atoms with Crippen LogP contribution in [0.2, 0.25) is 5.02 Å². The quantitative estimate of drug-likeness (QED) is 0.442. The molecule has 2 aromatic carbocycles. The van der Waals surface area contributed by atoms with E-state index >= 15 is 0 Å². The molecule has 3 aromatic rings. The summed E-state index contributed by atoms with van der Waals surface area (Å²) in [5.74, 6) is -0.883. The first kappa shape index (κ1) is 21.1. The van der Waals surface area contributed by atoms with Crippen molar-refractivity contribution in [2.75, 3.05) is 6.61 Å². The Morgan fingerprint density at radius 3 is 2.57 bits per heavy atom. The first-order valence-electron chi connectivity index (χ1n) is 9.08. The summed E-state index contributed by atoms with van der Waals surface area (Å²) in [5.41, 5.74) is 5.59. The molecule has 0 radical (unpaired) electrons. The number of carboxylic acid groups (broad SMARTS) is 1. The second-order valence-corrected chi connectivity index (χ2v) is 6.96. The molecule has 30 heavy (non-hydrogen) atoms. The van der Waals surface area contributed by atoms with Crippen molar-refractivity contribution in [2.24, 2.45) is 5.10 Å². The lowest BCUT2D eigenvalue weighted by atomic mass is 10.1. The summed E-state index contributed by atoms with van der Waals surface area (Å²) < 4.78 is 7.21. The monoisotopic (exact) mass is 425 g/mol. The van der Waals surface area contributed by atoms with Crippen LogP contribution in [-0.2, 0) is 4.79 Å². The van der Waals surface area contributed by atoms with Crippen LogP contribution in [0.1, 0.15) is 27.3 Å². The fourth-order valence-electron chi connectivity index (χ4n) is 3.02. The third kappa shape index (κ3) is 4.87. The summed E-state index contributed by atoms with van der Waals surface area (Å²) in [7, 11) is 0. The lowest BCUT2D eigenvalue weighted by Gasteiger charge is -2.12. The van der Waals surface area contributed by atoms with Crippen molar-refractivity contribution in [2.45, 2.75) is 13.8 Å². The van der Waals surface area contributed by atoms with Gasteiger partial charge in [0.05, 0.1) is 17.5 Å². The maximum absolute atomic E-state index is 11.9. The summed E-state index contributed by atoms with van der Waals surface area (Å²) in [4.78, 5) is 23.5. The molecule has 0 spiro atoms. The maximum Gasteiger partial charge on any atom is 0.337 e. The van der Waals surface area contributed by atoms with Crippen molar-refractivity contribution >= 4 is 29.7 Å². The van der Waals surface area contributed by atoms with E-state index in [1.165, 1.54) is 6.21 Å². The standard InChI is InChI=1S/C22H20ClN3O4/c1-14-11-16(15(2)26(14)20-6-4-3-5-19(20)22(28)29)12-24-25-21(27)13-30-18-9-7-17(23)8-10-18/h3-12H,13H2,1-2H3,(H,25,27)(H,28,29)/b24-12-. The van der Waals surface area contributed by atoms with Crippen molar-refractivity contribution in [1.29, 1.82) is 0 Å². The number of hydrazone groups is 1. The first-order valence-corrected chi connectivity index (χ1v) is 9.46. The summed E-state index contributed by atoms with van der Waals surface area (Å²) in [6.07, 6.45) is 1.52. The Kier molecular flexibility index (Phi) is 6.54. The molecule has 1 heterocycles. The van der Waals surface area contributed by atoms with Gasteiger partial charge in [0.1, 0.15) is 5.75 Å². The van der Waals surface area contributed by atoms with Crippen molar-refractivity contribution < 1.29 is 19.4 Å². The van der Waals surface area contributed by atoms with E-state index in [2.05, 4.69) is 10.5 Å². The number of carbonyl (C=O) groups is 2. The van der Waals surface area contributed by atoms with Crippen LogP contribution in [0.15, 0.2) is 59.7 Å². The van der Waals surface area contributed by atoms with Crippen LogP contribution in [0.3, 0.4) is 0 Å². The van der Waals surface area contributed by atoms with E-state index in [0.29, 0.717) is 16.5 Å². The third-order valence-corrected chi connectivity index (χ3v) is 4.67. The van der Waals surface area contributed by atoms with Crippen LogP contribution in [0.4, 0.5) is 0 Å². The second-order valence-electron chi connectivity index (χ2n) is 6.52. The number of carbonyl (C=O) groups excluding carboxylic acids is 1. The number of rotatable bonds is 7. The van der Waals surface area contributed by atoms with Gasteiger partial charge in [-0.25, -0.2) is 10.2 Å². The largest absolute Gasteiger partial charge is 0.484 e. The molecule has 3 rings (SSSR count). The molecular formula is C22H20ClN3O4. The minimum absolute atomic E-state index is 0.190. The Labute approximate surface area is 178 Å². The zero-order valence-electron chi connectivity index (χ0n) is 16.4. The topological polar surface area (TPSA) is 92.9 Å². The van der Waals surface area contributed by atoms with E-state index in [0.717, 1.165) is 17.0 Å². The Balaban J connectivity index is 1.68. The lowest BCUT2D eigenvalue weighted by Crippen LogP contribution is -2.24. The van der Waals surface area contributed by atoms with E-state index < -0.39 is 11.9 Å². The molecular weight excluding hydrogens is 406 g/mol. The molecule has 1 amide bonds. The molecule has 0 bridgehead atoms. The minimum Gasteiger partial charge on any atom is -0.484 e. The van der Waals surface area contributed by atoms with Gasteiger partial charge < -0.3 is 14.4 Å². The van der Waals surface area contributed by atoms with Gasteiger partial charge in [-0.3, -0.25) is 4.79 Å². The van der Waals surface area contributed by atoms with Crippen LogP contribution in [0, 0.1) is 13.8 Å². The van der Waals surface area contributed by atoms with Gasteiger partial charge in [-0.05, 0) is 56.3 Å². The number of nitrogens with zero attached hydrogens (tertiary/aromatic N) is 2. The van der Waals surface area contributed by atoms with E-state index in [1.807, 2.05) is 24.5 Å². The van der Waals surface area contributed by atoms with Crippen LogP contribution in [0.5, 0.6) is 5.75 Å². The fourth-order valence-corrected chi connectivity index (χ4v) is 3.15. The third-order valence-electron chi connectivity index (χ3n) is 4.42. The molecule has 0 saturated heterocycles. The predicted octanol–water partition coefficient (Wildman–Crippen LogP) is 3.97. The van der Waals surface area contributed by atoms with Crippen LogP contribution < -0.4 is 10.2 Å². The SMILES string of the molecule is Cc1cc(/C=N\NC(=O)COc2ccc(Cl)cc2)c(C)n1-c1ccccc1C(=O)O. The fraction of sp³-hybridized carbons (Fsp3) is 0.136. The summed E-state index contributed by atoms with van der Waals surface area (Å²) in [6, 6.07) is 15.3. The second kappa shape index (κ2) is 9.28. The van der Waals surface area contributed by atoms with Gasteiger partial charge in [0.15, 0.2) is 6.61 Å². The number of hydrogen-bond donors (Lipinski definition) is 2. The van der Waals surface area contributed by atoms with Gasteiger partial charge >= 0.3 is 5.97 Å². The van der Waals surface area contributed by atoms with Crippen molar-refractivity contribution in [1.82, 2.24) is 9.99 Å². The normalized spacial score (nSPS) is 10.9. The Bertz CT molecular complexity index is 1100. The molecule has 0 atom stereocenters. The zero-order chi connectivity index (χ0) is 21.7. The smallest absolute Gasteiger partial charge is 0.337 e. The van der Waals surface area contributed by atoms with E-state index in [9.17, 15) is 14.7 Å². The number of hydrogen-bond acceptors (Lipinski definition) is 4. The van der Waals surface area contributed by atoms with Gasteiger partial charge in [-0.2, -0.15) is 5.10 Å². The predicted molar refractivity (Wildman–Crippen MR) is 115 cm³/mol. The molecule has 2 N–H and O–H groups in total. The molecule has 0 fully saturated rings. The number of ether oxygens (including phenoxy) is 1. The van der Waals surface area contributed by atoms with Gasteiger partial charge in [0, 0.05) is 22.0 Å². The number of aromatic carboxylic acids is 1. The molecule has 0 aliphatic carbocycles. The van der Waals surface area contributed by atoms with Crippen LogP contribution in [-0.4, -0.2) is 34.4 Å². The van der Waals surface area contributed by atoms with E-state index in [4.69, 9.17) is 16.3 Å². The molecule has 7 nitrogen and oxygen atoms in total. The number of amides is 1. The average Bonchev–Trinajstić information content (AvgIpc) is 3.00. The Hall–Kier alpha value is -3.58. The average molecular weight is 426 g/mol. The molecule has 0 aliphatic heterocycles. The minimum atomic E-state index is -0.999. The Morgan fingerprint density at radius 2 is 1.87 bits per heavy atom. The van der Waals surface area contributed by atoms with Crippen molar-refractivity contribution in [3.05, 3.63) is 82.1 Å². The van der Waals surface area contributed by atoms with Crippen LogP contribution in [0.25, 0.3) is 5.69 Å². The number of benzene rings is 2. The molecule has 1 aromatic heterocycles. The number of carboxylic acids is 1. The molecule has 0 aliphatic rings. The van der Waals surface area contributed by atoms with Gasteiger partial charge in [-0.1, -0.05) is 23.7 Å². The number of para-hydroxylation sites is 1. The van der Waals surface area contributed by atoms with Crippen molar-refractivity contribution in [3.8, 4) is 11.4 Å². The van der Waals surface area contributed by atoms with E-state index in [1.54, 1.807) is 48.5 Å². The van der Waals surface area contributed by atoms with Crippen molar-refractivity contribution in [3.63, 3.8) is 0 Å².